The Labute approximate surface area is 140 Å². The molecule has 2 aromatic carbocycles. The van der Waals surface area contributed by atoms with Crippen LogP contribution in [0.1, 0.15) is 5.56 Å². The average Bonchev–Trinajstić information content (AvgIpc) is 2.53. The lowest BCUT2D eigenvalue weighted by atomic mass is 10.2. The minimum absolute atomic E-state index is 0.0841. The van der Waals surface area contributed by atoms with E-state index in [0.717, 1.165) is 16.2 Å². The summed E-state index contributed by atoms with van der Waals surface area (Å²) < 4.78 is 5.11. The maximum Gasteiger partial charge on any atom is 0.232 e. The van der Waals surface area contributed by atoms with E-state index in [1.54, 1.807) is 19.1 Å². The molecule has 0 aliphatic heterocycles. The van der Waals surface area contributed by atoms with Gasteiger partial charge in [0, 0.05) is 23.5 Å². The van der Waals surface area contributed by atoms with Crippen molar-refractivity contribution in [2.45, 2.75) is 11.4 Å². The Kier molecular flexibility index (Phi) is 6.16. The molecule has 0 aromatic heterocycles. The molecule has 0 heterocycles. The number of rotatable bonds is 6. The van der Waals surface area contributed by atoms with Gasteiger partial charge >= 0.3 is 0 Å². The van der Waals surface area contributed by atoms with E-state index >= 15 is 0 Å². The molecule has 3 nitrogen and oxygen atoms in total. The maximum absolute atomic E-state index is 12.2. The Hall–Kier alpha value is -1.65. The molecule has 0 spiro atoms. The van der Waals surface area contributed by atoms with Crippen LogP contribution in [0.2, 0.25) is 5.02 Å². The zero-order valence-corrected chi connectivity index (χ0v) is 14.2. The van der Waals surface area contributed by atoms with Gasteiger partial charge in [-0.25, -0.2) is 0 Å². The second-order valence-corrected chi connectivity index (χ2v) is 6.33. The van der Waals surface area contributed by atoms with Gasteiger partial charge in [0.1, 0.15) is 5.75 Å². The van der Waals surface area contributed by atoms with Gasteiger partial charge in [-0.1, -0.05) is 23.7 Å². The van der Waals surface area contributed by atoms with Crippen LogP contribution in [0.4, 0.5) is 0 Å². The van der Waals surface area contributed by atoms with Gasteiger partial charge in [0.2, 0.25) is 5.91 Å². The minimum Gasteiger partial charge on any atom is -0.497 e. The van der Waals surface area contributed by atoms with Crippen LogP contribution in [-0.2, 0) is 11.3 Å². The van der Waals surface area contributed by atoms with Crippen LogP contribution in [0.5, 0.6) is 5.75 Å². The van der Waals surface area contributed by atoms with Gasteiger partial charge in [0.15, 0.2) is 0 Å². The van der Waals surface area contributed by atoms with Gasteiger partial charge < -0.3 is 9.64 Å². The summed E-state index contributed by atoms with van der Waals surface area (Å²) >= 11 is 7.47. The lowest BCUT2D eigenvalue weighted by Crippen LogP contribution is -2.27. The number of carbonyl (C=O) groups is 1. The monoisotopic (exact) mass is 335 g/mol. The first-order chi connectivity index (χ1) is 10.6. The van der Waals surface area contributed by atoms with Crippen molar-refractivity contribution in [3.8, 4) is 5.75 Å². The van der Waals surface area contributed by atoms with Crippen LogP contribution in [0, 0.1) is 0 Å². The highest BCUT2D eigenvalue weighted by atomic mass is 35.5. The van der Waals surface area contributed by atoms with Gasteiger partial charge in [-0.15, -0.1) is 11.8 Å². The standard InChI is InChI=1S/C17H18ClNO2S/c1-19(11-13-4-3-5-14(18)10-13)17(20)12-22-16-8-6-15(21-2)7-9-16/h3-10H,11-12H2,1-2H3. The third-order valence-corrected chi connectivity index (χ3v) is 4.39. The Balaban J connectivity index is 1.85. The molecule has 116 valence electrons. The minimum atomic E-state index is 0.0841. The summed E-state index contributed by atoms with van der Waals surface area (Å²) in [5.74, 6) is 1.30. The molecular weight excluding hydrogens is 318 g/mol. The molecule has 0 saturated heterocycles. The second-order valence-electron chi connectivity index (χ2n) is 4.84. The molecule has 0 aliphatic carbocycles. The van der Waals surface area contributed by atoms with Crippen molar-refractivity contribution in [3.63, 3.8) is 0 Å². The zero-order valence-electron chi connectivity index (χ0n) is 12.6. The number of hydrogen-bond donors (Lipinski definition) is 0. The van der Waals surface area contributed by atoms with Crippen molar-refractivity contribution in [2.75, 3.05) is 19.9 Å². The van der Waals surface area contributed by atoms with Crippen LogP contribution in [0.15, 0.2) is 53.4 Å². The molecule has 22 heavy (non-hydrogen) atoms. The van der Waals surface area contributed by atoms with Crippen molar-refractivity contribution in [1.29, 1.82) is 0 Å². The summed E-state index contributed by atoms with van der Waals surface area (Å²) in [5.41, 5.74) is 1.03. The highest BCUT2D eigenvalue weighted by Gasteiger charge is 2.10. The van der Waals surface area contributed by atoms with E-state index in [9.17, 15) is 4.79 Å². The van der Waals surface area contributed by atoms with E-state index in [4.69, 9.17) is 16.3 Å². The maximum atomic E-state index is 12.2. The lowest BCUT2D eigenvalue weighted by Gasteiger charge is -2.17. The molecule has 5 heteroatoms. The topological polar surface area (TPSA) is 29.5 Å². The first-order valence-corrected chi connectivity index (χ1v) is 8.20. The fourth-order valence-electron chi connectivity index (χ4n) is 1.92. The SMILES string of the molecule is COc1ccc(SCC(=O)N(C)Cc2cccc(Cl)c2)cc1. The first-order valence-electron chi connectivity index (χ1n) is 6.84. The number of nitrogens with zero attached hydrogens (tertiary/aromatic N) is 1. The molecule has 2 aromatic rings. The Morgan fingerprint density at radius 2 is 1.95 bits per heavy atom. The predicted molar refractivity (Wildman–Crippen MR) is 91.6 cm³/mol. The van der Waals surface area contributed by atoms with Crippen molar-refractivity contribution < 1.29 is 9.53 Å². The number of amides is 1. The van der Waals surface area contributed by atoms with E-state index in [2.05, 4.69) is 0 Å². The predicted octanol–water partition coefficient (Wildman–Crippen LogP) is 4.10. The summed E-state index contributed by atoms with van der Waals surface area (Å²) in [6.45, 7) is 0.558. The lowest BCUT2D eigenvalue weighted by molar-refractivity contribution is -0.127. The molecule has 1 amide bonds. The van der Waals surface area contributed by atoms with E-state index < -0.39 is 0 Å². The zero-order chi connectivity index (χ0) is 15.9. The van der Waals surface area contributed by atoms with Crippen molar-refractivity contribution >= 4 is 29.3 Å². The van der Waals surface area contributed by atoms with Crippen LogP contribution in [0.3, 0.4) is 0 Å². The molecule has 0 aliphatic rings. The van der Waals surface area contributed by atoms with Gasteiger partial charge in [-0.3, -0.25) is 4.79 Å². The van der Waals surface area contributed by atoms with Crippen molar-refractivity contribution in [1.82, 2.24) is 4.90 Å². The number of methoxy groups -OCH3 is 1. The normalized spacial score (nSPS) is 10.3. The van der Waals surface area contributed by atoms with Gasteiger partial charge in [-0.2, -0.15) is 0 Å². The Morgan fingerprint density at radius 3 is 2.59 bits per heavy atom. The summed E-state index contributed by atoms with van der Waals surface area (Å²) in [6.07, 6.45) is 0. The fourth-order valence-corrected chi connectivity index (χ4v) is 2.98. The van der Waals surface area contributed by atoms with Crippen LogP contribution < -0.4 is 4.74 Å². The van der Waals surface area contributed by atoms with Gasteiger partial charge in [0.25, 0.3) is 0 Å². The number of carbonyl (C=O) groups excluding carboxylic acids is 1. The highest BCUT2D eigenvalue weighted by molar-refractivity contribution is 8.00. The molecule has 0 saturated carbocycles. The fraction of sp³-hybridized carbons (Fsp3) is 0.235. The van der Waals surface area contributed by atoms with Crippen molar-refractivity contribution in [2.24, 2.45) is 0 Å². The summed E-state index contributed by atoms with van der Waals surface area (Å²) in [5, 5.41) is 0.686. The summed E-state index contributed by atoms with van der Waals surface area (Å²) in [6, 6.07) is 15.2. The molecule has 0 bridgehead atoms. The third-order valence-electron chi connectivity index (χ3n) is 3.16. The quantitative estimate of drug-likeness (QED) is 0.744. The average molecular weight is 336 g/mol. The number of thioether (sulfide) groups is 1. The smallest absolute Gasteiger partial charge is 0.232 e. The Bertz CT molecular complexity index is 631. The molecule has 2 rings (SSSR count). The van der Waals surface area contributed by atoms with E-state index in [-0.39, 0.29) is 5.91 Å². The second kappa shape index (κ2) is 8.11. The molecule has 0 unspecified atom stereocenters. The molecule has 0 radical (unpaired) electrons. The first kappa shape index (κ1) is 16.7. The molecule has 0 N–H and O–H groups in total. The number of benzene rings is 2. The van der Waals surface area contributed by atoms with Crippen LogP contribution >= 0.6 is 23.4 Å². The number of ether oxygens (including phenoxy) is 1. The van der Waals surface area contributed by atoms with Gasteiger partial charge in [-0.05, 0) is 42.0 Å². The van der Waals surface area contributed by atoms with Gasteiger partial charge in [0.05, 0.1) is 12.9 Å². The van der Waals surface area contributed by atoms with Crippen LogP contribution in [-0.4, -0.2) is 30.7 Å². The van der Waals surface area contributed by atoms with Crippen LogP contribution in [0.25, 0.3) is 0 Å². The molecule has 0 atom stereocenters. The molecular formula is C17H18ClNO2S. The van der Waals surface area contributed by atoms with E-state index in [1.165, 1.54) is 11.8 Å². The summed E-state index contributed by atoms with van der Waals surface area (Å²) in [4.78, 5) is 14.9. The largest absolute Gasteiger partial charge is 0.497 e. The van der Waals surface area contributed by atoms with Crippen molar-refractivity contribution in [3.05, 3.63) is 59.1 Å². The number of halogens is 1. The summed E-state index contributed by atoms with van der Waals surface area (Å²) in [7, 11) is 3.44. The Morgan fingerprint density at radius 1 is 1.23 bits per heavy atom. The highest BCUT2D eigenvalue weighted by Crippen LogP contribution is 2.21. The van der Waals surface area contributed by atoms with E-state index in [0.29, 0.717) is 17.3 Å². The molecule has 0 fully saturated rings. The number of hydrogen-bond acceptors (Lipinski definition) is 3. The third kappa shape index (κ3) is 4.97. The van der Waals surface area contributed by atoms with E-state index in [1.807, 2.05) is 48.5 Å².